The molecular formula is C15H13BrCl2N2O. The van der Waals surface area contributed by atoms with Gasteiger partial charge in [-0.15, -0.1) is 0 Å². The van der Waals surface area contributed by atoms with Crippen molar-refractivity contribution < 1.29 is 4.79 Å². The van der Waals surface area contributed by atoms with Crippen molar-refractivity contribution in [2.75, 3.05) is 10.6 Å². The molecule has 0 atom stereocenters. The number of benzene rings is 2. The summed E-state index contributed by atoms with van der Waals surface area (Å²) >= 11 is 15.6. The maximum absolute atomic E-state index is 11.0. The predicted molar refractivity (Wildman–Crippen MR) is 92.2 cm³/mol. The smallest absolute Gasteiger partial charge is 0.221 e. The number of nitrogens with one attached hydrogen (secondary N) is 2. The van der Waals surface area contributed by atoms with E-state index in [0.29, 0.717) is 16.6 Å². The summed E-state index contributed by atoms with van der Waals surface area (Å²) in [5.74, 6) is -0.0860. The van der Waals surface area contributed by atoms with Crippen LogP contribution in [0.15, 0.2) is 40.9 Å². The highest BCUT2D eigenvalue weighted by Crippen LogP contribution is 2.35. The van der Waals surface area contributed by atoms with Crippen LogP contribution in [0.25, 0.3) is 0 Å². The summed E-state index contributed by atoms with van der Waals surface area (Å²) in [4.78, 5) is 11.0. The lowest BCUT2D eigenvalue weighted by Gasteiger charge is -2.11. The average Bonchev–Trinajstić information content (AvgIpc) is 2.45. The Morgan fingerprint density at radius 3 is 2.38 bits per heavy atom. The third-order valence-corrected chi connectivity index (χ3v) is 4.56. The molecule has 0 saturated carbocycles. The van der Waals surface area contributed by atoms with Gasteiger partial charge in [-0.25, -0.2) is 0 Å². The van der Waals surface area contributed by atoms with E-state index >= 15 is 0 Å². The Kier molecular flexibility index (Phi) is 5.51. The largest absolute Gasteiger partial charge is 0.380 e. The number of amides is 1. The number of carbonyl (C=O) groups is 1. The van der Waals surface area contributed by atoms with Gasteiger partial charge in [-0.3, -0.25) is 4.79 Å². The molecule has 0 aliphatic heterocycles. The molecule has 2 aromatic carbocycles. The van der Waals surface area contributed by atoms with E-state index in [4.69, 9.17) is 23.2 Å². The Balaban J connectivity index is 2.03. The lowest BCUT2D eigenvalue weighted by molar-refractivity contribution is -0.114. The van der Waals surface area contributed by atoms with Gasteiger partial charge >= 0.3 is 0 Å². The van der Waals surface area contributed by atoms with E-state index in [2.05, 4.69) is 26.6 Å². The number of hydrogen-bond donors (Lipinski definition) is 2. The zero-order chi connectivity index (χ0) is 15.4. The van der Waals surface area contributed by atoms with Crippen LogP contribution in [0, 0.1) is 0 Å². The summed E-state index contributed by atoms with van der Waals surface area (Å²) in [7, 11) is 0. The maximum atomic E-state index is 11.0. The van der Waals surface area contributed by atoms with Crippen LogP contribution in [0.3, 0.4) is 0 Å². The van der Waals surface area contributed by atoms with Gasteiger partial charge in [0.1, 0.15) is 0 Å². The molecule has 0 heterocycles. The van der Waals surface area contributed by atoms with Gasteiger partial charge < -0.3 is 10.6 Å². The number of anilines is 2. The van der Waals surface area contributed by atoms with Crippen LogP contribution in [0.5, 0.6) is 0 Å². The minimum Gasteiger partial charge on any atom is -0.380 e. The van der Waals surface area contributed by atoms with Crippen LogP contribution in [-0.4, -0.2) is 5.91 Å². The summed E-state index contributed by atoms with van der Waals surface area (Å²) in [5.41, 5.74) is 2.62. The Labute approximate surface area is 141 Å². The molecule has 2 aromatic rings. The van der Waals surface area contributed by atoms with Gasteiger partial charge in [0.05, 0.1) is 15.7 Å². The predicted octanol–water partition coefficient (Wildman–Crippen LogP) is 5.33. The minimum absolute atomic E-state index is 0.0860. The highest BCUT2D eigenvalue weighted by atomic mass is 79.9. The van der Waals surface area contributed by atoms with Crippen molar-refractivity contribution in [3.63, 3.8) is 0 Å². The SMILES string of the molecule is CC(=O)Nc1ccc(CNc2ccc(Br)c(Cl)c2Cl)cc1. The van der Waals surface area contributed by atoms with Crippen LogP contribution in [0.4, 0.5) is 11.4 Å². The van der Waals surface area contributed by atoms with Crippen molar-refractivity contribution in [1.29, 1.82) is 0 Å². The molecule has 6 heteroatoms. The van der Waals surface area contributed by atoms with Crippen molar-refractivity contribution in [1.82, 2.24) is 0 Å². The van der Waals surface area contributed by atoms with Gasteiger partial charge in [0, 0.05) is 23.6 Å². The minimum atomic E-state index is -0.0860. The number of hydrogen-bond acceptors (Lipinski definition) is 2. The average molecular weight is 388 g/mol. The molecule has 110 valence electrons. The van der Waals surface area contributed by atoms with E-state index in [1.54, 1.807) is 0 Å². The first-order valence-electron chi connectivity index (χ1n) is 6.21. The number of halogens is 3. The second kappa shape index (κ2) is 7.16. The Morgan fingerprint density at radius 2 is 1.76 bits per heavy atom. The highest BCUT2D eigenvalue weighted by Gasteiger charge is 2.08. The monoisotopic (exact) mass is 386 g/mol. The molecular weight excluding hydrogens is 375 g/mol. The zero-order valence-corrected chi connectivity index (χ0v) is 14.3. The molecule has 2 rings (SSSR count). The summed E-state index contributed by atoms with van der Waals surface area (Å²) in [5, 5.41) is 6.93. The van der Waals surface area contributed by atoms with Crippen molar-refractivity contribution in [3.05, 3.63) is 56.5 Å². The Morgan fingerprint density at radius 1 is 1.10 bits per heavy atom. The molecule has 0 fully saturated rings. The van der Waals surface area contributed by atoms with Gasteiger partial charge in [0.15, 0.2) is 0 Å². The first-order chi connectivity index (χ1) is 9.97. The molecule has 0 aliphatic carbocycles. The topological polar surface area (TPSA) is 41.1 Å². The Bertz CT molecular complexity index is 659. The number of carbonyl (C=O) groups excluding carboxylic acids is 1. The van der Waals surface area contributed by atoms with E-state index in [0.717, 1.165) is 21.4 Å². The maximum Gasteiger partial charge on any atom is 0.221 e. The molecule has 0 aliphatic rings. The quantitative estimate of drug-likeness (QED) is 0.696. The summed E-state index contributed by atoms with van der Waals surface area (Å²) in [6, 6.07) is 11.3. The highest BCUT2D eigenvalue weighted by molar-refractivity contribution is 9.10. The molecule has 0 spiro atoms. The van der Waals surface area contributed by atoms with Crippen LogP contribution in [0.2, 0.25) is 10.0 Å². The lowest BCUT2D eigenvalue weighted by Crippen LogP contribution is -2.06. The summed E-state index contributed by atoms with van der Waals surface area (Å²) in [6.45, 7) is 2.09. The van der Waals surface area contributed by atoms with E-state index in [-0.39, 0.29) is 5.91 Å². The van der Waals surface area contributed by atoms with Crippen molar-refractivity contribution >= 4 is 56.4 Å². The Hall–Kier alpha value is -1.23. The molecule has 21 heavy (non-hydrogen) atoms. The summed E-state index contributed by atoms with van der Waals surface area (Å²) < 4.78 is 0.763. The molecule has 1 amide bonds. The van der Waals surface area contributed by atoms with Crippen LogP contribution in [0.1, 0.15) is 12.5 Å². The van der Waals surface area contributed by atoms with Gasteiger partial charge in [0.25, 0.3) is 0 Å². The van der Waals surface area contributed by atoms with E-state index in [1.807, 2.05) is 36.4 Å². The third-order valence-electron chi connectivity index (χ3n) is 2.79. The van der Waals surface area contributed by atoms with Crippen LogP contribution >= 0.6 is 39.1 Å². The molecule has 3 nitrogen and oxygen atoms in total. The molecule has 0 bridgehead atoms. The fraction of sp³-hybridized carbons (Fsp3) is 0.133. The second-order valence-electron chi connectivity index (χ2n) is 4.45. The first-order valence-corrected chi connectivity index (χ1v) is 7.76. The summed E-state index contributed by atoms with van der Waals surface area (Å²) in [6.07, 6.45) is 0. The van der Waals surface area contributed by atoms with E-state index in [9.17, 15) is 4.79 Å². The fourth-order valence-electron chi connectivity index (χ4n) is 1.77. The zero-order valence-electron chi connectivity index (χ0n) is 11.2. The van der Waals surface area contributed by atoms with Gasteiger partial charge in [-0.1, -0.05) is 35.3 Å². The van der Waals surface area contributed by atoms with Gasteiger partial charge in [-0.2, -0.15) is 0 Å². The fourth-order valence-corrected chi connectivity index (χ4v) is 2.61. The van der Waals surface area contributed by atoms with Crippen molar-refractivity contribution in [2.45, 2.75) is 13.5 Å². The van der Waals surface area contributed by atoms with Crippen molar-refractivity contribution in [2.24, 2.45) is 0 Å². The molecule has 0 radical (unpaired) electrons. The second-order valence-corrected chi connectivity index (χ2v) is 6.06. The molecule has 0 unspecified atom stereocenters. The van der Waals surface area contributed by atoms with Crippen LogP contribution in [-0.2, 0) is 11.3 Å². The van der Waals surface area contributed by atoms with E-state index in [1.165, 1.54) is 6.92 Å². The molecule has 0 aromatic heterocycles. The standard InChI is InChI=1S/C15H13BrCl2N2O/c1-9(21)20-11-4-2-10(3-5-11)8-19-13-7-6-12(16)14(17)15(13)18/h2-7,19H,8H2,1H3,(H,20,21). The van der Waals surface area contributed by atoms with E-state index < -0.39 is 0 Å². The third kappa shape index (κ3) is 4.37. The molecule has 0 saturated heterocycles. The normalized spacial score (nSPS) is 10.3. The van der Waals surface area contributed by atoms with Crippen molar-refractivity contribution in [3.8, 4) is 0 Å². The lowest BCUT2D eigenvalue weighted by atomic mass is 10.2. The van der Waals surface area contributed by atoms with Gasteiger partial charge in [0.2, 0.25) is 5.91 Å². The van der Waals surface area contributed by atoms with Gasteiger partial charge in [-0.05, 0) is 45.8 Å². The molecule has 2 N–H and O–H groups in total. The number of rotatable bonds is 4. The first kappa shape index (κ1) is 16.1. The van der Waals surface area contributed by atoms with Crippen LogP contribution < -0.4 is 10.6 Å².